The van der Waals surface area contributed by atoms with E-state index in [1.165, 1.54) is 0 Å². The summed E-state index contributed by atoms with van der Waals surface area (Å²) in [5.41, 5.74) is 0. The van der Waals surface area contributed by atoms with Gasteiger partial charge in [0.2, 0.25) is 0 Å². The summed E-state index contributed by atoms with van der Waals surface area (Å²) in [4.78, 5) is 37.6. The smallest absolute Gasteiger partial charge is 0.306 e. The predicted octanol–water partition coefficient (Wildman–Crippen LogP) is 6.19. The molecule has 0 amide bonds. The molecule has 1 aliphatic heterocycles. The number of carbonyl (C=O) groups excluding carboxylic acids is 3. The maximum Gasteiger partial charge on any atom is 0.306 e. The highest BCUT2D eigenvalue weighted by Gasteiger charge is 2.47. The van der Waals surface area contributed by atoms with Crippen LogP contribution in [-0.4, -0.2) is 60.6 Å². The summed E-state index contributed by atoms with van der Waals surface area (Å²) in [7, 11) is 0. The van der Waals surface area contributed by atoms with Crippen LogP contribution in [0.1, 0.15) is 136 Å². The molecule has 0 aromatic rings. The Kier molecular flexibility index (Phi) is 20.1. The molecule has 0 bridgehead atoms. The molecule has 1 fully saturated rings. The van der Waals surface area contributed by atoms with Crippen LogP contribution in [0.25, 0.3) is 0 Å². The SMILES string of the molecule is CCCCCCCC(=O)O[C@H]1[C@@H]([C@@H](CO)OC(=O)CCCCCCC)OC[C@@H]1OC(=O)CCCCCCC. The second-order valence-electron chi connectivity index (χ2n) is 10.5. The van der Waals surface area contributed by atoms with Gasteiger partial charge in [-0.15, -0.1) is 0 Å². The van der Waals surface area contributed by atoms with Gasteiger partial charge < -0.3 is 24.1 Å². The topological polar surface area (TPSA) is 108 Å². The van der Waals surface area contributed by atoms with Gasteiger partial charge in [0.25, 0.3) is 0 Å². The van der Waals surface area contributed by atoms with Crippen molar-refractivity contribution in [3.8, 4) is 0 Å². The summed E-state index contributed by atoms with van der Waals surface area (Å²) in [6.45, 7) is 5.96. The fourth-order valence-electron chi connectivity index (χ4n) is 4.66. The number of esters is 3. The fourth-order valence-corrected chi connectivity index (χ4v) is 4.66. The third-order valence-electron chi connectivity index (χ3n) is 6.98. The zero-order valence-corrected chi connectivity index (χ0v) is 24.3. The van der Waals surface area contributed by atoms with Crippen molar-refractivity contribution in [2.24, 2.45) is 0 Å². The van der Waals surface area contributed by atoms with Crippen molar-refractivity contribution in [2.45, 2.75) is 161 Å². The Morgan fingerprint density at radius 1 is 0.684 bits per heavy atom. The van der Waals surface area contributed by atoms with Crippen molar-refractivity contribution in [2.75, 3.05) is 13.2 Å². The molecule has 0 unspecified atom stereocenters. The summed E-state index contributed by atoms with van der Waals surface area (Å²) in [6, 6.07) is 0. The molecular formula is C30H54O8. The lowest BCUT2D eigenvalue weighted by molar-refractivity contribution is -0.175. The van der Waals surface area contributed by atoms with Gasteiger partial charge in [-0.05, 0) is 19.3 Å². The molecule has 1 rings (SSSR count). The minimum absolute atomic E-state index is 0.0196. The van der Waals surface area contributed by atoms with E-state index in [-0.39, 0.29) is 25.4 Å². The summed E-state index contributed by atoms with van der Waals surface area (Å²) in [6.07, 6.45) is 12.2. The van der Waals surface area contributed by atoms with Crippen molar-refractivity contribution in [3.05, 3.63) is 0 Å². The number of ether oxygens (including phenoxy) is 4. The van der Waals surface area contributed by atoms with Gasteiger partial charge >= 0.3 is 17.9 Å². The molecule has 222 valence electrons. The van der Waals surface area contributed by atoms with Crippen LogP contribution in [0.2, 0.25) is 0 Å². The summed E-state index contributed by atoms with van der Waals surface area (Å²) in [5.74, 6) is -1.18. The predicted molar refractivity (Wildman–Crippen MR) is 147 cm³/mol. The van der Waals surface area contributed by atoms with E-state index < -0.39 is 43.0 Å². The number of unbranched alkanes of at least 4 members (excludes halogenated alkanes) is 12. The lowest BCUT2D eigenvalue weighted by Crippen LogP contribution is -2.46. The van der Waals surface area contributed by atoms with E-state index in [1.807, 2.05) is 0 Å². The average molecular weight is 543 g/mol. The molecule has 0 aromatic carbocycles. The Balaban J connectivity index is 2.72. The van der Waals surface area contributed by atoms with Crippen molar-refractivity contribution < 1.29 is 38.4 Å². The standard InChI is InChI=1S/C30H54O8/c1-4-7-10-13-16-19-26(32)36-24(22-31)29-30(38-28(34)21-18-15-12-9-6-3)25(23-35-29)37-27(33)20-17-14-11-8-5-2/h24-25,29-31H,4-23H2,1-3H3/t24-,25+,29-,30-/m1/s1. The minimum Gasteiger partial charge on any atom is -0.457 e. The van der Waals surface area contributed by atoms with Gasteiger partial charge in [-0.1, -0.05) is 97.8 Å². The average Bonchev–Trinajstić information content (AvgIpc) is 3.28. The third-order valence-corrected chi connectivity index (χ3v) is 6.98. The second-order valence-corrected chi connectivity index (χ2v) is 10.5. The number of hydrogen-bond donors (Lipinski definition) is 1. The van der Waals surface area contributed by atoms with E-state index in [4.69, 9.17) is 18.9 Å². The first-order valence-electron chi connectivity index (χ1n) is 15.3. The Morgan fingerprint density at radius 2 is 1.13 bits per heavy atom. The Hall–Kier alpha value is -1.67. The van der Waals surface area contributed by atoms with Gasteiger partial charge in [-0.25, -0.2) is 0 Å². The van der Waals surface area contributed by atoms with Crippen LogP contribution in [0.15, 0.2) is 0 Å². The van der Waals surface area contributed by atoms with Crippen LogP contribution in [-0.2, 0) is 33.3 Å². The fraction of sp³-hybridized carbons (Fsp3) is 0.900. The zero-order chi connectivity index (χ0) is 28.0. The molecule has 8 heteroatoms. The number of carbonyl (C=O) groups is 3. The molecule has 1 N–H and O–H groups in total. The molecule has 8 nitrogen and oxygen atoms in total. The van der Waals surface area contributed by atoms with Crippen molar-refractivity contribution >= 4 is 17.9 Å². The first-order valence-corrected chi connectivity index (χ1v) is 15.3. The van der Waals surface area contributed by atoms with Crippen LogP contribution < -0.4 is 0 Å². The third kappa shape index (κ3) is 15.1. The van der Waals surface area contributed by atoms with E-state index >= 15 is 0 Å². The quantitative estimate of drug-likeness (QED) is 0.0924. The molecule has 0 spiro atoms. The zero-order valence-electron chi connectivity index (χ0n) is 24.3. The Morgan fingerprint density at radius 3 is 1.61 bits per heavy atom. The summed E-state index contributed by atoms with van der Waals surface area (Å²) < 4.78 is 22.8. The van der Waals surface area contributed by atoms with Crippen LogP contribution in [0.3, 0.4) is 0 Å². The van der Waals surface area contributed by atoms with Gasteiger partial charge in [0.05, 0.1) is 13.2 Å². The lowest BCUT2D eigenvalue weighted by atomic mass is 10.1. The van der Waals surface area contributed by atoms with Crippen molar-refractivity contribution in [1.82, 2.24) is 0 Å². The summed E-state index contributed by atoms with van der Waals surface area (Å²) in [5, 5.41) is 10.0. The molecular weight excluding hydrogens is 488 g/mol. The van der Waals surface area contributed by atoms with Crippen LogP contribution in [0.5, 0.6) is 0 Å². The van der Waals surface area contributed by atoms with E-state index in [2.05, 4.69) is 20.8 Å². The molecule has 1 heterocycles. The van der Waals surface area contributed by atoms with E-state index in [0.717, 1.165) is 96.3 Å². The Bertz CT molecular complexity index is 638. The molecule has 0 aliphatic carbocycles. The highest BCUT2D eigenvalue weighted by atomic mass is 16.6. The van der Waals surface area contributed by atoms with Crippen molar-refractivity contribution in [3.63, 3.8) is 0 Å². The molecule has 4 atom stereocenters. The summed E-state index contributed by atoms with van der Waals surface area (Å²) >= 11 is 0. The normalized spacial score (nSPS) is 19.7. The molecule has 0 aromatic heterocycles. The first kappa shape index (κ1) is 34.4. The van der Waals surface area contributed by atoms with E-state index in [1.54, 1.807) is 0 Å². The number of aliphatic hydroxyl groups is 1. The molecule has 1 saturated heterocycles. The maximum atomic E-state index is 12.7. The van der Waals surface area contributed by atoms with Gasteiger partial charge in [-0.3, -0.25) is 14.4 Å². The molecule has 0 radical (unpaired) electrons. The highest BCUT2D eigenvalue weighted by Crippen LogP contribution is 2.27. The monoisotopic (exact) mass is 542 g/mol. The molecule has 1 aliphatic rings. The Labute approximate surface area is 230 Å². The highest BCUT2D eigenvalue weighted by molar-refractivity contribution is 5.71. The first-order chi connectivity index (χ1) is 18.5. The number of rotatable bonds is 23. The second kappa shape index (κ2) is 22.2. The molecule has 38 heavy (non-hydrogen) atoms. The lowest BCUT2D eigenvalue weighted by Gasteiger charge is -2.28. The van der Waals surface area contributed by atoms with Gasteiger partial charge in [0, 0.05) is 19.3 Å². The van der Waals surface area contributed by atoms with E-state index in [0.29, 0.717) is 6.42 Å². The minimum atomic E-state index is -1.00. The van der Waals surface area contributed by atoms with Gasteiger partial charge in [0.15, 0.2) is 18.3 Å². The van der Waals surface area contributed by atoms with Gasteiger partial charge in [-0.2, -0.15) is 0 Å². The number of aliphatic hydroxyl groups excluding tert-OH is 1. The van der Waals surface area contributed by atoms with E-state index in [9.17, 15) is 19.5 Å². The van der Waals surface area contributed by atoms with Crippen LogP contribution in [0.4, 0.5) is 0 Å². The van der Waals surface area contributed by atoms with Crippen LogP contribution >= 0.6 is 0 Å². The number of hydrogen-bond acceptors (Lipinski definition) is 8. The maximum absolute atomic E-state index is 12.7. The van der Waals surface area contributed by atoms with Crippen molar-refractivity contribution in [1.29, 1.82) is 0 Å². The largest absolute Gasteiger partial charge is 0.457 e. The van der Waals surface area contributed by atoms with Crippen LogP contribution in [0, 0.1) is 0 Å². The molecule has 0 saturated carbocycles. The van der Waals surface area contributed by atoms with Gasteiger partial charge in [0.1, 0.15) is 6.10 Å².